The van der Waals surface area contributed by atoms with E-state index < -0.39 is 24.3 Å². The van der Waals surface area contributed by atoms with Gasteiger partial charge in [0.05, 0.1) is 0 Å². The van der Waals surface area contributed by atoms with Crippen LogP contribution >= 0.6 is 0 Å². The number of carbonyl (C=O) groups excluding carboxylic acids is 2. The molecule has 0 aliphatic heterocycles. The van der Waals surface area contributed by atoms with Crippen molar-refractivity contribution in [1.29, 1.82) is 5.26 Å². The van der Waals surface area contributed by atoms with Crippen LogP contribution in [0, 0.1) is 31.0 Å². The van der Waals surface area contributed by atoms with E-state index in [4.69, 9.17) is 4.74 Å². The monoisotopic (exact) mass is 397 g/mol. The number of nitrogens with one attached hydrogen (secondary N) is 1. The van der Waals surface area contributed by atoms with Gasteiger partial charge in [0, 0.05) is 23.6 Å². The Bertz CT molecular complexity index is 953. The highest BCUT2D eigenvalue weighted by Gasteiger charge is 2.15. The van der Waals surface area contributed by atoms with E-state index in [0.717, 1.165) is 36.3 Å². The molecule has 1 aromatic heterocycles. The van der Waals surface area contributed by atoms with Gasteiger partial charge in [-0.15, -0.1) is 0 Å². The molecule has 0 radical (unpaired) electrons. The highest BCUT2D eigenvalue weighted by molar-refractivity contribution is 6.00. The number of nitrogens with zero attached hydrogens (tertiary/aromatic N) is 2. The summed E-state index contributed by atoms with van der Waals surface area (Å²) in [5.74, 6) is -1.88. The van der Waals surface area contributed by atoms with Gasteiger partial charge in [-0.25, -0.2) is 9.18 Å². The van der Waals surface area contributed by atoms with Crippen LogP contribution in [0.5, 0.6) is 0 Å². The van der Waals surface area contributed by atoms with Gasteiger partial charge in [0.15, 0.2) is 6.61 Å². The third-order valence-corrected chi connectivity index (χ3v) is 4.45. The fraction of sp³-hybridized carbons (Fsp3) is 0.318. The summed E-state index contributed by atoms with van der Waals surface area (Å²) in [7, 11) is 0. The largest absolute Gasteiger partial charge is 0.451 e. The van der Waals surface area contributed by atoms with Crippen molar-refractivity contribution in [1.82, 2.24) is 4.57 Å². The predicted octanol–water partition coefficient (Wildman–Crippen LogP) is 4.13. The topological polar surface area (TPSA) is 84.1 Å². The molecule has 0 spiro atoms. The van der Waals surface area contributed by atoms with Gasteiger partial charge in [0.25, 0.3) is 5.91 Å². The van der Waals surface area contributed by atoms with E-state index in [0.29, 0.717) is 5.69 Å². The zero-order chi connectivity index (χ0) is 21.4. The summed E-state index contributed by atoms with van der Waals surface area (Å²) in [6.45, 7) is 6.35. The van der Waals surface area contributed by atoms with E-state index in [1.165, 1.54) is 30.3 Å². The molecule has 0 fully saturated rings. The highest BCUT2D eigenvalue weighted by atomic mass is 19.1. The molecule has 1 amide bonds. The maximum atomic E-state index is 12.9. The Morgan fingerprint density at radius 2 is 1.97 bits per heavy atom. The van der Waals surface area contributed by atoms with Crippen LogP contribution in [0.2, 0.25) is 0 Å². The molecule has 2 aromatic rings. The number of amides is 1. The average molecular weight is 397 g/mol. The number of nitriles is 1. The summed E-state index contributed by atoms with van der Waals surface area (Å²) in [5, 5.41) is 11.8. The van der Waals surface area contributed by atoms with Crippen LogP contribution < -0.4 is 5.32 Å². The molecule has 6 nitrogen and oxygen atoms in total. The van der Waals surface area contributed by atoms with Crippen molar-refractivity contribution in [2.45, 2.75) is 40.2 Å². The quantitative estimate of drug-likeness (QED) is 0.412. The van der Waals surface area contributed by atoms with Crippen LogP contribution in [0.25, 0.3) is 6.08 Å². The summed E-state index contributed by atoms with van der Waals surface area (Å²) in [6, 6.07) is 8.94. The van der Waals surface area contributed by atoms with Crippen molar-refractivity contribution >= 4 is 23.6 Å². The van der Waals surface area contributed by atoms with E-state index in [1.54, 1.807) is 0 Å². The lowest BCUT2D eigenvalue weighted by Gasteiger charge is -2.08. The maximum absolute atomic E-state index is 12.9. The van der Waals surface area contributed by atoms with Crippen molar-refractivity contribution in [2.24, 2.45) is 0 Å². The van der Waals surface area contributed by atoms with Gasteiger partial charge >= 0.3 is 5.97 Å². The van der Waals surface area contributed by atoms with E-state index in [-0.39, 0.29) is 5.57 Å². The number of hydrogen-bond acceptors (Lipinski definition) is 4. The Labute approximate surface area is 169 Å². The van der Waals surface area contributed by atoms with Crippen molar-refractivity contribution in [3.63, 3.8) is 0 Å². The second-order valence-electron chi connectivity index (χ2n) is 6.63. The second-order valence-corrected chi connectivity index (χ2v) is 6.63. The van der Waals surface area contributed by atoms with Crippen molar-refractivity contribution in [2.75, 3.05) is 11.9 Å². The minimum absolute atomic E-state index is 0.185. The van der Waals surface area contributed by atoms with Gasteiger partial charge in [0.2, 0.25) is 0 Å². The Hall–Kier alpha value is -3.40. The molecule has 0 unspecified atom stereocenters. The molecule has 0 aliphatic rings. The number of benzene rings is 1. The zero-order valence-corrected chi connectivity index (χ0v) is 16.8. The third kappa shape index (κ3) is 6.04. The molecular formula is C22H24FN3O3. The summed E-state index contributed by atoms with van der Waals surface area (Å²) in [6.07, 6.45) is 3.58. The molecule has 2 rings (SSSR count). The summed E-state index contributed by atoms with van der Waals surface area (Å²) < 4.78 is 20.0. The van der Waals surface area contributed by atoms with Crippen LogP contribution in [0.1, 0.15) is 36.7 Å². The molecule has 0 saturated carbocycles. The minimum Gasteiger partial charge on any atom is -0.451 e. The number of unbranched alkanes of at least 4 members (excludes halogenated alkanes) is 1. The maximum Gasteiger partial charge on any atom is 0.349 e. The molecule has 0 atom stereocenters. The first-order chi connectivity index (χ1) is 13.8. The number of hydrogen-bond donors (Lipinski definition) is 1. The van der Waals surface area contributed by atoms with E-state index in [1.807, 2.05) is 26.0 Å². The first-order valence-corrected chi connectivity index (χ1v) is 9.36. The predicted molar refractivity (Wildman–Crippen MR) is 108 cm³/mol. The van der Waals surface area contributed by atoms with Crippen LogP contribution in [0.15, 0.2) is 35.9 Å². The van der Waals surface area contributed by atoms with Gasteiger partial charge in [-0.05, 0) is 62.2 Å². The lowest BCUT2D eigenvalue weighted by molar-refractivity contribution is -0.142. The highest BCUT2D eigenvalue weighted by Crippen LogP contribution is 2.19. The van der Waals surface area contributed by atoms with Gasteiger partial charge in [-0.3, -0.25) is 4.79 Å². The molecule has 1 N–H and O–H groups in total. The summed E-state index contributed by atoms with van der Waals surface area (Å²) in [4.78, 5) is 24.1. The Kier molecular flexibility index (Phi) is 7.72. The SMILES string of the molecule is CCCCn1c(C)cc(/C=C(\C#N)C(=O)OCC(=O)Nc2ccc(F)cc2)c1C. The van der Waals surface area contributed by atoms with Gasteiger partial charge in [-0.2, -0.15) is 5.26 Å². The fourth-order valence-electron chi connectivity index (χ4n) is 2.87. The number of ether oxygens (including phenoxy) is 1. The Morgan fingerprint density at radius 3 is 2.59 bits per heavy atom. The molecule has 1 aromatic carbocycles. The van der Waals surface area contributed by atoms with Crippen LogP contribution in [0.4, 0.5) is 10.1 Å². The van der Waals surface area contributed by atoms with Crippen LogP contribution in [-0.4, -0.2) is 23.1 Å². The smallest absolute Gasteiger partial charge is 0.349 e. The van der Waals surface area contributed by atoms with Crippen molar-refractivity contribution in [3.05, 3.63) is 58.7 Å². The number of aryl methyl sites for hydroxylation is 1. The lowest BCUT2D eigenvalue weighted by Crippen LogP contribution is -2.21. The molecule has 0 bridgehead atoms. The number of aromatic nitrogens is 1. The van der Waals surface area contributed by atoms with Crippen molar-refractivity contribution in [3.8, 4) is 6.07 Å². The molecule has 7 heteroatoms. The molecule has 29 heavy (non-hydrogen) atoms. The fourth-order valence-corrected chi connectivity index (χ4v) is 2.87. The number of carbonyl (C=O) groups is 2. The molecule has 0 saturated heterocycles. The third-order valence-electron chi connectivity index (χ3n) is 4.45. The zero-order valence-electron chi connectivity index (χ0n) is 16.8. The van der Waals surface area contributed by atoms with E-state index >= 15 is 0 Å². The lowest BCUT2D eigenvalue weighted by atomic mass is 10.1. The van der Waals surface area contributed by atoms with E-state index in [9.17, 15) is 19.2 Å². The standard InChI is InChI=1S/C22H24FN3O3/c1-4-5-10-26-15(2)11-17(16(26)3)12-18(13-24)22(28)29-14-21(27)25-20-8-6-19(23)7-9-20/h6-9,11-12H,4-5,10,14H2,1-3H3,(H,25,27)/b18-12+. The van der Waals surface area contributed by atoms with Crippen molar-refractivity contribution < 1.29 is 18.7 Å². The molecule has 1 heterocycles. The van der Waals surface area contributed by atoms with Gasteiger partial charge < -0.3 is 14.6 Å². The molecular weight excluding hydrogens is 373 g/mol. The molecule has 0 aliphatic carbocycles. The van der Waals surface area contributed by atoms with E-state index in [2.05, 4.69) is 16.8 Å². The first kappa shape index (κ1) is 21.9. The number of esters is 1. The van der Waals surface area contributed by atoms with Crippen LogP contribution in [-0.2, 0) is 20.9 Å². The summed E-state index contributed by atoms with van der Waals surface area (Å²) >= 11 is 0. The number of rotatable bonds is 8. The van der Waals surface area contributed by atoms with Crippen LogP contribution in [0.3, 0.4) is 0 Å². The Balaban J connectivity index is 2.02. The minimum atomic E-state index is -0.875. The Morgan fingerprint density at radius 1 is 1.28 bits per heavy atom. The first-order valence-electron chi connectivity index (χ1n) is 9.36. The average Bonchev–Trinajstić information content (AvgIpc) is 2.97. The number of halogens is 1. The molecule has 152 valence electrons. The normalized spacial score (nSPS) is 11.1. The second kappa shape index (κ2) is 10.2. The van der Waals surface area contributed by atoms with Gasteiger partial charge in [0.1, 0.15) is 17.5 Å². The number of anilines is 1. The summed E-state index contributed by atoms with van der Waals surface area (Å²) in [5.41, 5.74) is 2.97. The van der Waals surface area contributed by atoms with Gasteiger partial charge in [-0.1, -0.05) is 13.3 Å².